The molecule has 26 heavy (non-hydrogen) atoms. The second kappa shape index (κ2) is 6.87. The molecule has 3 rings (SSSR count). The Hall–Kier alpha value is -1.57. The first-order valence-electron chi connectivity index (χ1n) is 8.02. The van der Waals surface area contributed by atoms with Crippen molar-refractivity contribution in [3.63, 3.8) is 0 Å². The minimum absolute atomic E-state index is 0.0702. The normalized spacial score (nSPS) is 16.5. The molecule has 0 aromatic heterocycles. The van der Waals surface area contributed by atoms with Crippen LogP contribution in [0.25, 0.3) is 0 Å². The van der Waals surface area contributed by atoms with Gasteiger partial charge in [-0.2, -0.15) is 0 Å². The summed E-state index contributed by atoms with van der Waals surface area (Å²) in [6, 6.07) is 8.32. The zero-order chi connectivity index (χ0) is 19.2. The summed E-state index contributed by atoms with van der Waals surface area (Å²) in [7, 11) is -3.92. The van der Waals surface area contributed by atoms with Crippen LogP contribution in [0.5, 0.6) is 0 Å². The van der Waals surface area contributed by atoms with Gasteiger partial charge in [-0.15, -0.1) is 0 Å². The minimum atomic E-state index is -3.92. The molecule has 1 heterocycles. The topological polar surface area (TPSA) is 66.5 Å². The van der Waals surface area contributed by atoms with Gasteiger partial charge in [0, 0.05) is 22.5 Å². The van der Waals surface area contributed by atoms with Gasteiger partial charge in [0.2, 0.25) is 5.91 Å². The Labute approximate surface area is 166 Å². The van der Waals surface area contributed by atoms with Crippen molar-refractivity contribution in [1.29, 1.82) is 0 Å². The predicted octanol–water partition coefficient (Wildman–Crippen LogP) is 4.51. The molecule has 0 aliphatic carbocycles. The van der Waals surface area contributed by atoms with E-state index >= 15 is 0 Å². The number of nitrogens with zero attached hydrogens (tertiary/aromatic N) is 1. The molecule has 5 nitrogen and oxygen atoms in total. The molecular formula is C18H18BrClN2O3S. The van der Waals surface area contributed by atoms with Crippen LogP contribution >= 0.6 is 27.5 Å². The SMILES string of the molecule is CC(=O)N1c2c(cc(Br)cc2S(=O)(=O)Nc2cccc(Cl)c2C)C[C@H]1C. The van der Waals surface area contributed by atoms with Gasteiger partial charge in [0.1, 0.15) is 4.90 Å². The molecule has 0 spiro atoms. The Morgan fingerprint density at radius 3 is 2.69 bits per heavy atom. The average Bonchev–Trinajstić information content (AvgIpc) is 2.86. The molecule has 1 aliphatic rings. The number of hydrogen-bond acceptors (Lipinski definition) is 3. The second-order valence-electron chi connectivity index (χ2n) is 6.37. The van der Waals surface area contributed by atoms with E-state index in [0.717, 1.165) is 5.56 Å². The number of carbonyl (C=O) groups excluding carboxylic acids is 1. The van der Waals surface area contributed by atoms with Crippen molar-refractivity contribution in [2.75, 3.05) is 9.62 Å². The monoisotopic (exact) mass is 456 g/mol. The third kappa shape index (κ3) is 3.35. The number of carbonyl (C=O) groups is 1. The molecule has 0 unspecified atom stereocenters. The van der Waals surface area contributed by atoms with E-state index in [0.29, 0.717) is 32.9 Å². The Bertz CT molecular complexity index is 1010. The molecule has 1 atom stereocenters. The van der Waals surface area contributed by atoms with Crippen LogP contribution in [0.2, 0.25) is 5.02 Å². The maximum atomic E-state index is 13.1. The standard InChI is InChI=1S/C18H18BrClN2O3S/c1-10-7-13-8-14(19)9-17(18(13)22(10)12(3)23)26(24,25)21-16-6-4-5-15(20)11(16)2/h4-6,8-10,21H,7H2,1-3H3/t10-/m1/s1. The Morgan fingerprint density at radius 1 is 1.35 bits per heavy atom. The number of amides is 1. The molecule has 0 radical (unpaired) electrons. The molecular weight excluding hydrogens is 440 g/mol. The summed E-state index contributed by atoms with van der Waals surface area (Å²) in [5.74, 6) is -0.186. The van der Waals surface area contributed by atoms with Crippen molar-refractivity contribution in [3.05, 3.63) is 51.0 Å². The number of halogens is 2. The van der Waals surface area contributed by atoms with E-state index in [1.807, 2.05) is 13.0 Å². The zero-order valence-electron chi connectivity index (χ0n) is 14.5. The van der Waals surface area contributed by atoms with E-state index in [-0.39, 0.29) is 16.8 Å². The largest absolute Gasteiger partial charge is 0.308 e. The highest BCUT2D eigenvalue weighted by atomic mass is 79.9. The third-order valence-corrected chi connectivity index (χ3v) is 6.70. The summed E-state index contributed by atoms with van der Waals surface area (Å²) in [5, 5.41) is 0.476. The van der Waals surface area contributed by atoms with E-state index in [1.54, 1.807) is 30.0 Å². The molecule has 0 saturated heterocycles. The number of hydrogen-bond donors (Lipinski definition) is 1. The second-order valence-corrected chi connectivity index (χ2v) is 9.35. The fraction of sp³-hybridized carbons (Fsp3) is 0.278. The minimum Gasteiger partial charge on any atom is -0.308 e. The average molecular weight is 458 g/mol. The summed E-state index contributed by atoms with van der Waals surface area (Å²) in [5.41, 5.74) is 2.32. The number of sulfonamides is 1. The van der Waals surface area contributed by atoms with Crippen LogP contribution in [0, 0.1) is 6.92 Å². The van der Waals surface area contributed by atoms with Crippen LogP contribution in [-0.2, 0) is 21.2 Å². The molecule has 1 amide bonds. The van der Waals surface area contributed by atoms with Crippen LogP contribution in [0.3, 0.4) is 0 Å². The van der Waals surface area contributed by atoms with E-state index in [2.05, 4.69) is 20.7 Å². The lowest BCUT2D eigenvalue weighted by Gasteiger charge is -2.23. The highest BCUT2D eigenvalue weighted by Crippen LogP contribution is 2.41. The molecule has 138 valence electrons. The summed E-state index contributed by atoms with van der Waals surface area (Å²) < 4.78 is 29.5. The number of anilines is 2. The first kappa shape index (κ1) is 19.2. The molecule has 0 bridgehead atoms. The summed E-state index contributed by atoms with van der Waals surface area (Å²) >= 11 is 9.48. The summed E-state index contributed by atoms with van der Waals surface area (Å²) in [6.45, 7) is 5.09. The van der Waals surface area contributed by atoms with Gasteiger partial charge in [-0.1, -0.05) is 33.6 Å². The number of benzene rings is 2. The molecule has 1 N–H and O–H groups in total. The highest BCUT2D eigenvalue weighted by Gasteiger charge is 2.35. The highest BCUT2D eigenvalue weighted by molar-refractivity contribution is 9.10. The smallest absolute Gasteiger partial charge is 0.264 e. The van der Waals surface area contributed by atoms with Crippen LogP contribution in [-0.4, -0.2) is 20.4 Å². The zero-order valence-corrected chi connectivity index (χ0v) is 17.7. The van der Waals surface area contributed by atoms with Crippen molar-refractivity contribution in [1.82, 2.24) is 0 Å². The maximum Gasteiger partial charge on any atom is 0.264 e. The molecule has 0 fully saturated rings. The Kier molecular flexibility index (Phi) is 5.07. The Balaban J connectivity index is 2.15. The molecule has 8 heteroatoms. The number of rotatable bonds is 3. The third-order valence-electron chi connectivity index (χ3n) is 4.46. The molecule has 1 aliphatic heterocycles. The van der Waals surface area contributed by atoms with Crippen LogP contribution in [0.4, 0.5) is 11.4 Å². The number of fused-ring (bicyclic) bond motifs is 1. The first-order chi connectivity index (χ1) is 12.1. The van der Waals surface area contributed by atoms with E-state index < -0.39 is 10.0 Å². The van der Waals surface area contributed by atoms with Crippen molar-refractivity contribution in [2.24, 2.45) is 0 Å². The van der Waals surface area contributed by atoms with Gasteiger partial charge in [0.05, 0.1) is 11.4 Å². The quantitative estimate of drug-likeness (QED) is 0.737. The van der Waals surface area contributed by atoms with Gasteiger partial charge in [0.15, 0.2) is 0 Å². The van der Waals surface area contributed by atoms with Gasteiger partial charge in [-0.3, -0.25) is 9.52 Å². The van der Waals surface area contributed by atoms with E-state index in [9.17, 15) is 13.2 Å². The van der Waals surface area contributed by atoms with Gasteiger partial charge in [-0.05, 0) is 55.7 Å². The molecule has 0 saturated carbocycles. The van der Waals surface area contributed by atoms with Crippen LogP contribution in [0.15, 0.2) is 39.7 Å². The van der Waals surface area contributed by atoms with Gasteiger partial charge < -0.3 is 4.90 Å². The fourth-order valence-corrected chi connectivity index (χ4v) is 5.50. The first-order valence-corrected chi connectivity index (χ1v) is 10.7. The van der Waals surface area contributed by atoms with Crippen molar-refractivity contribution < 1.29 is 13.2 Å². The van der Waals surface area contributed by atoms with Crippen LogP contribution < -0.4 is 9.62 Å². The summed E-state index contributed by atoms with van der Waals surface area (Å²) in [4.78, 5) is 13.7. The predicted molar refractivity (Wildman–Crippen MR) is 107 cm³/mol. The maximum absolute atomic E-state index is 13.1. The lowest BCUT2D eigenvalue weighted by molar-refractivity contribution is -0.116. The lowest BCUT2D eigenvalue weighted by atomic mass is 10.1. The molecule has 2 aromatic carbocycles. The van der Waals surface area contributed by atoms with Crippen LogP contribution in [0.1, 0.15) is 25.0 Å². The fourth-order valence-electron chi connectivity index (χ4n) is 3.28. The lowest BCUT2D eigenvalue weighted by Crippen LogP contribution is -2.34. The van der Waals surface area contributed by atoms with Gasteiger partial charge in [-0.25, -0.2) is 8.42 Å². The Morgan fingerprint density at radius 2 is 2.04 bits per heavy atom. The van der Waals surface area contributed by atoms with E-state index in [4.69, 9.17) is 11.6 Å². The van der Waals surface area contributed by atoms with Gasteiger partial charge >= 0.3 is 0 Å². The molecule has 2 aromatic rings. The summed E-state index contributed by atoms with van der Waals surface area (Å²) in [6.07, 6.45) is 0.604. The van der Waals surface area contributed by atoms with Crippen molar-refractivity contribution in [2.45, 2.75) is 38.1 Å². The van der Waals surface area contributed by atoms with E-state index in [1.165, 1.54) is 13.0 Å². The van der Waals surface area contributed by atoms with Crippen molar-refractivity contribution >= 4 is 54.8 Å². The van der Waals surface area contributed by atoms with Crippen molar-refractivity contribution in [3.8, 4) is 0 Å². The van der Waals surface area contributed by atoms with Gasteiger partial charge in [0.25, 0.3) is 10.0 Å². The number of nitrogens with one attached hydrogen (secondary N) is 1.